The van der Waals surface area contributed by atoms with E-state index in [0.717, 1.165) is 51.0 Å². The molecule has 4 saturated carbocycles. The summed E-state index contributed by atoms with van der Waals surface area (Å²) in [5.74, 6) is 2.40. The van der Waals surface area contributed by atoms with Gasteiger partial charge in [0.25, 0.3) is 5.91 Å². The van der Waals surface area contributed by atoms with Gasteiger partial charge in [-0.1, -0.05) is 12.5 Å². The molecule has 0 radical (unpaired) electrons. The maximum atomic E-state index is 13.1. The lowest BCUT2D eigenvalue weighted by molar-refractivity contribution is -0.136. The number of aromatic nitrogens is 1. The second-order valence-electron chi connectivity index (χ2n) is 11.4. The van der Waals surface area contributed by atoms with Gasteiger partial charge in [0.2, 0.25) is 0 Å². The number of likely N-dealkylation sites (tertiary alicyclic amines) is 1. The van der Waals surface area contributed by atoms with Crippen LogP contribution in [0.3, 0.4) is 0 Å². The number of piperidine rings is 2. The van der Waals surface area contributed by atoms with Gasteiger partial charge in [-0.25, -0.2) is 4.98 Å². The van der Waals surface area contributed by atoms with E-state index in [9.17, 15) is 9.90 Å². The number of carbonyl (C=O) groups excluding carboxylic acids is 1. The molecule has 1 aromatic heterocycles. The zero-order chi connectivity index (χ0) is 21.7. The van der Waals surface area contributed by atoms with Crippen LogP contribution in [0.2, 0.25) is 0 Å². The third-order valence-corrected chi connectivity index (χ3v) is 9.20. The molecule has 4 bridgehead atoms. The van der Waals surface area contributed by atoms with E-state index in [-0.39, 0.29) is 11.9 Å². The second kappa shape index (κ2) is 8.28. The van der Waals surface area contributed by atoms with Gasteiger partial charge in [-0.05, 0) is 101 Å². The molecule has 1 amide bonds. The first-order chi connectivity index (χ1) is 15.6. The van der Waals surface area contributed by atoms with E-state index in [1.807, 2.05) is 12.1 Å². The van der Waals surface area contributed by atoms with Gasteiger partial charge in [0, 0.05) is 25.2 Å². The van der Waals surface area contributed by atoms with Gasteiger partial charge in [0.05, 0.1) is 5.60 Å². The third-order valence-electron chi connectivity index (χ3n) is 9.20. The lowest BCUT2D eigenvalue weighted by atomic mass is 9.52. The Morgan fingerprint density at radius 3 is 2.41 bits per heavy atom. The molecule has 2 N–H and O–H groups in total. The van der Waals surface area contributed by atoms with Crippen molar-refractivity contribution in [2.24, 2.45) is 17.8 Å². The summed E-state index contributed by atoms with van der Waals surface area (Å²) >= 11 is 0. The van der Waals surface area contributed by atoms with Crippen molar-refractivity contribution in [3.8, 4) is 0 Å². The molecule has 2 unspecified atom stereocenters. The number of nitrogens with zero attached hydrogens (tertiary/aromatic N) is 3. The number of anilines is 1. The van der Waals surface area contributed by atoms with E-state index in [1.165, 1.54) is 45.2 Å². The Balaban J connectivity index is 1.08. The topological polar surface area (TPSA) is 68.7 Å². The molecular formula is C26H38N4O2. The third kappa shape index (κ3) is 3.94. The molecule has 32 heavy (non-hydrogen) atoms. The van der Waals surface area contributed by atoms with Crippen molar-refractivity contribution in [1.29, 1.82) is 0 Å². The van der Waals surface area contributed by atoms with Crippen molar-refractivity contribution >= 4 is 11.7 Å². The minimum absolute atomic E-state index is 0.0421. The normalized spacial score (nSPS) is 37.6. The Labute approximate surface area is 191 Å². The Morgan fingerprint density at radius 1 is 1.00 bits per heavy atom. The molecule has 7 rings (SSSR count). The lowest BCUT2D eigenvalue weighted by Crippen LogP contribution is -2.61. The quantitative estimate of drug-likeness (QED) is 0.756. The van der Waals surface area contributed by atoms with Crippen LogP contribution < -0.4 is 10.2 Å². The lowest BCUT2D eigenvalue weighted by Gasteiger charge is -2.58. The van der Waals surface area contributed by atoms with E-state index in [4.69, 9.17) is 4.98 Å². The maximum absolute atomic E-state index is 13.1. The second-order valence-corrected chi connectivity index (χ2v) is 11.4. The number of hydrogen-bond donors (Lipinski definition) is 2. The van der Waals surface area contributed by atoms with Crippen LogP contribution in [0.4, 0.5) is 5.82 Å². The summed E-state index contributed by atoms with van der Waals surface area (Å²) in [6.45, 7) is 4.57. The van der Waals surface area contributed by atoms with Crippen molar-refractivity contribution < 1.29 is 9.90 Å². The standard InChI is InChI=1S/C26H38N4O2/c31-25(28-24-19-13-18-14-20(24)17-26(32,15-18)16-19)22-5-4-6-23(27-22)30-11-7-21(8-12-30)29-9-2-1-3-10-29/h4-6,18-21,24,32H,1-3,7-17H2,(H,28,31). The predicted octanol–water partition coefficient (Wildman–Crippen LogP) is 3.21. The largest absolute Gasteiger partial charge is 0.390 e. The minimum atomic E-state index is -0.462. The highest BCUT2D eigenvalue weighted by Gasteiger charge is 2.55. The molecule has 174 valence electrons. The van der Waals surface area contributed by atoms with Crippen LogP contribution in [-0.4, -0.2) is 64.8 Å². The van der Waals surface area contributed by atoms with Gasteiger partial charge in [-0.2, -0.15) is 0 Å². The van der Waals surface area contributed by atoms with Crippen molar-refractivity contribution in [3.63, 3.8) is 0 Å². The van der Waals surface area contributed by atoms with Gasteiger partial charge in [0.1, 0.15) is 11.5 Å². The number of nitrogens with one attached hydrogen (secondary N) is 1. The molecular weight excluding hydrogens is 400 g/mol. The van der Waals surface area contributed by atoms with Gasteiger partial charge in [-0.3, -0.25) is 4.79 Å². The summed E-state index contributed by atoms with van der Waals surface area (Å²) in [6.07, 6.45) is 11.4. The summed E-state index contributed by atoms with van der Waals surface area (Å²) in [7, 11) is 0. The average Bonchev–Trinajstić information content (AvgIpc) is 2.81. The van der Waals surface area contributed by atoms with E-state index >= 15 is 0 Å². The van der Waals surface area contributed by atoms with E-state index in [0.29, 0.717) is 29.5 Å². The minimum Gasteiger partial charge on any atom is -0.390 e. The van der Waals surface area contributed by atoms with Crippen molar-refractivity contribution in [1.82, 2.24) is 15.2 Å². The first-order valence-corrected chi connectivity index (χ1v) is 13.1. The van der Waals surface area contributed by atoms with Crippen LogP contribution in [0.25, 0.3) is 0 Å². The first-order valence-electron chi connectivity index (χ1n) is 13.1. The SMILES string of the molecule is O=C(NC1C2CC3CC1CC(O)(C3)C2)c1cccc(N2CCC(N3CCCCC3)CC2)n1. The monoisotopic (exact) mass is 438 g/mol. The zero-order valence-corrected chi connectivity index (χ0v) is 19.2. The van der Waals surface area contributed by atoms with Crippen molar-refractivity contribution in [2.75, 3.05) is 31.1 Å². The fraction of sp³-hybridized carbons (Fsp3) is 0.769. The van der Waals surface area contributed by atoms with Gasteiger partial charge >= 0.3 is 0 Å². The van der Waals surface area contributed by atoms with E-state index in [1.54, 1.807) is 0 Å². The maximum Gasteiger partial charge on any atom is 0.270 e. The molecule has 2 aliphatic heterocycles. The van der Waals surface area contributed by atoms with Crippen LogP contribution in [0, 0.1) is 17.8 Å². The highest BCUT2D eigenvalue weighted by Crippen LogP contribution is 2.55. The summed E-state index contributed by atoms with van der Waals surface area (Å²) in [5, 5.41) is 14.2. The van der Waals surface area contributed by atoms with Gasteiger partial charge in [-0.15, -0.1) is 0 Å². The molecule has 6 aliphatic rings. The number of hydrogen-bond acceptors (Lipinski definition) is 5. The molecule has 2 saturated heterocycles. The first kappa shape index (κ1) is 20.9. The van der Waals surface area contributed by atoms with Gasteiger partial charge < -0.3 is 20.2 Å². The molecule has 3 heterocycles. The smallest absolute Gasteiger partial charge is 0.270 e. The Bertz CT molecular complexity index is 830. The number of carbonyl (C=O) groups is 1. The summed E-state index contributed by atoms with van der Waals surface area (Å²) in [5.41, 5.74) is 0.0733. The molecule has 4 aliphatic carbocycles. The summed E-state index contributed by atoms with van der Waals surface area (Å²) in [4.78, 5) is 23.0. The van der Waals surface area contributed by atoms with Crippen molar-refractivity contribution in [3.05, 3.63) is 23.9 Å². The molecule has 6 heteroatoms. The van der Waals surface area contributed by atoms with Crippen LogP contribution in [0.15, 0.2) is 18.2 Å². The van der Waals surface area contributed by atoms with Crippen LogP contribution in [0.5, 0.6) is 0 Å². The van der Waals surface area contributed by atoms with E-state index in [2.05, 4.69) is 21.2 Å². The molecule has 0 spiro atoms. The number of aliphatic hydroxyl groups is 1. The molecule has 6 nitrogen and oxygen atoms in total. The number of pyridine rings is 1. The highest BCUT2D eigenvalue weighted by molar-refractivity contribution is 5.93. The van der Waals surface area contributed by atoms with Crippen molar-refractivity contribution in [2.45, 2.75) is 81.9 Å². The Morgan fingerprint density at radius 2 is 1.72 bits per heavy atom. The molecule has 6 fully saturated rings. The molecule has 0 aromatic carbocycles. The fourth-order valence-corrected chi connectivity index (χ4v) is 7.91. The Hall–Kier alpha value is -1.66. The van der Waals surface area contributed by atoms with E-state index < -0.39 is 5.60 Å². The predicted molar refractivity (Wildman–Crippen MR) is 125 cm³/mol. The van der Waals surface area contributed by atoms with Crippen LogP contribution in [-0.2, 0) is 0 Å². The average molecular weight is 439 g/mol. The fourth-order valence-electron chi connectivity index (χ4n) is 7.91. The number of rotatable bonds is 4. The van der Waals surface area contributed by atoms with Gasteiger partial charge in [0.15, 0.2) is 0 Å². The van der Waals surface area contributed by atoms with Crippen LogP contribution in [0.1, 0.15) is 74.7 Å². The highest BCUT2D eigenvalue weighted by atomic mass is 16.3. The van der Waals surface area contributed by atoms with Crippen LogP contribution >= 0.6 is 0 Å². The number of amides is 1. The summed E-state index contributed by atoms with van der Waals surface area (Å²) < 4.78 is 0. The Kier molecular flexibility index (Phi) is 5.41. The molecule has 1 aromatic rings. The zero-order valence-electron chi connectivity index (χ0n) is 19.2. The molecule has 2 atom stereocenters. The summed E-state index contributed by atoms with van der Waals surface area (Å²) in [6, 6.07) is 6.79.